The molecule has 1 atom stereocenters. The maximum absolute atomic E-state index is 12.3. The van der Waals surface area contributed by atoms with E-state index in [1.54, 1.807) is 0 Å². The molecule has 0 saturated heterocycles. The van der Waals surface area contributed by atoms with Gasteiger partial charge < -0.3 is 14.6 Å². The average molecular weight is 1000 g/mol. The number of aliphatic hydroxyl groups is 1. The van der Waals surface area contributed by atoms with Gasteiger partial charge in [-0.1, -0.05) is 292 Å². The van der Waals surface area contributed by atoms with Gasteiger partial charge in [0, 0.05) is 12.8 Å². The molecular formula is C67H118O5. The fraction of sp³-hybridized carbons (Fsp3) is 0.761. The average Bonchev–Trinajstić information content (AvgIpc) is 3.38. The zero-order valence-electron chi connectivity index (χ0n) is 47.7. The molecule has 0 spiro atoms. The number of rotatable bonds is 57. The van der Waals surface area contributed by atoms with Crippen molar-refractivity contribution in [2.45, 2.75) is 315 Å². The van der Waals surface area contributed by atoms with Crippen LogP contribution in [0.1, 0.15) is 309 Å². The van der Waals surface area contributed by atoms with Crippen LogP contribution >= 0.6 is 0 Å². The highest BCUT2D eigenvalue weighted by atomic mass is 16.6. The molecule has 0 aliphatic heterocycles. The summed E-state index contributed by atoms with van der Waals surface area (Å²) in [6, 6.07) is 0. The molecule has 72 heavy (non-hydrogen) atoms. The molecule has 0 fully saturated rings. The zero-order chi connectivity index (χ0) is 52.0. The summed E-state index contributed by atoms with van der Waals surface area (Å²) in [5, 5.41) is 9.65. The SMILES string of the molecule is CC/C=C\C/C=C\C/C=C\C/C=C\C/C=C\CCCCCC(=O)OC(CO)COC(=O)CCCCCCCCCCCCCCCCCCCCCCCCCCCCC/C=C\C/C=C\CCCCCCC. The van der Waals surface area contributed by atoms with E-state index in [-0.39, 0.29) is 25.2 Å². The number of ether oxygens (including phenoxy) is 2. The smallest absolute Gasteiger partial charge is 0.306 e. The van der Waals surface area contributed by atoms with Crippen LogP contribution in [0.15, 0.2) is 85.1 Å². The molecule has 0 bridgehead atoms. The largest absolute Gasteiger partial charge is 0.462 e. The van der Waals surface area contributed by atoms with Crippen molar-refractivity contribution in [1.29, 1.82) is 0 Å². The topological polar surface area (TPSA) is 72.8 Å². The van der Waals surface area contributed by atoms with Crippen LogP contribution in [0.3, 0.4) is 0 Å². The highest BCUT2D eigenvalue weighted by Gasteiger charge is 2.16. The second-order valence-electron chi connectivity index (χ2n) is 20.8. The van der Waals surface area contributed by atoms with Crippen LogP contribution in [-0.2, 0) is 19.1 Å². The monoisotopic (exact) mass is 1000 g/mol. The fourth-order valence-electron chi connectivity index (χ4n) is 9.03. The molecule has 416 valence electrons. The van der Waals surface area contributed by atoms with Gasteiger partial charge in [0.2, 0.25) is 0 Å². The molecule has 0 amide bonds. The van der Waals surface area contributed by atoms with E-state index in [1.165, 1.54) is 199 Å². The maximum atomic E-state index is 12.3. The summed E-state index contributed by atoms with van der Waals surface area (Å²) in [4.78, 5) is 24.5. The third-order valence-corrected chi connectivity index (χ3v) is 13.7. The highest BCUT2D eigenvalue weighted by Crippen LogP contribution is 2.17. The van der Waals surface area contributed by atoms with Crippen molar-refractivity contribution in [3.63, 3.8) is 0 Å². The minimum Gasteiger partial charge on any atom is -0.462 e. The van der Waals surface area contributed by atoms with E-state index < -0.39 is 6.10 Å². The Bertz CT molecular complexity index is 1320. The second kappa shape index (κ2) is 62.4. The molecule has 0 aliphatic carbocycles. The van der Waals surface area contributed by atoms with E-state index in [1.807, 2.05) is 0 Å². The van der Waals surface area contributed by atoms with Gasteiger partial charge in [0.1, 0.15) is 6.61 Å². The molecule has 5 heteroatoms. The third kappa shape index (κ3) is 59.6. The minimum absolute atomic E-state index is 0.0801. The molecule has 0 aromatic rings. The van der Waals surface area contributed by atoms with Gasteiger partial charge in [-0.05, 0) is 89.9 Å². The summed E-state index contributed by atoms with van der Waals surface area (Å²) in [7, 11) is 0. The zero-order valence-corrected chi connectivity index (χ0v) is 47.7. The van der Waals surface area contributed by atoms with E-state index in [0.29, 0.717) is 12.8 Å². The predicted octanol–water partition coefficient (Wildman–Crippen LogP) is 21.3. The molecule has 0 radical (unpaired) electrons. The van der Waals surface area contributed by atoms with Crippen molar-refractivity contribution in [1.82, 2.24) is 0 Å². The number of unbranched alkanes of at least 4 members (excludes halogenated alkanes) is 35. The lowest BCUT2D eigenvalue weighted by Gasteiger charge is -2.15. The quantitative estimate of drug-likeness (QED) is 0.0373. The Kier molecular flexibility index (Phi) is 59.8. The molecule has 5 nitrogen and oxygen atoms in total. The van der Waals surface area contributed by atoms with Gasteiger partial charge in [-0.2, -0.15) is 0 Å². The van der Waals surface area contributed by atoms with Gasteiger partial charge in [-0.25, -0.2) is 0 Å². The normalized spacial score (nSPS) is 12.8. The molecule has 0 rings (SSSR count). The van der Waals surface area contributed by atoms with Crippen molar-refractivity contribution in [3.05, 3.63) is 85.1 Å². The summed E-state index contributed by atoms with van der Waals surface area (Å²) < 4.78 is 10.7. The maximum Gasteiger partial charge on any atom is 0.306 e. The van der Waals surface area contributed by atoms with Crippen LogP contribution in [0, 0.1) is 0 Å². The molecular weight excluding hydrogens is 885 g/mol. The first kappa shape index (κ1) is 69.1. The second-order valence-corrected chi connectivity index (χ2v) is 20.8. The molecule has 0 aromatic carbocycles. The van der Waals surface area contributed by atoms with Crippen molar-refractivity contribution in [2.75, 3.05) is 13.2 Å². The number of aliphatic hydroxyl groups excluding tert-OH is 1. The van der Waals surface area contributed by atoms with Gasteiger partial charge in [-0.3, -0.25) is 9.59 Å². The van der Waals surface area contributed by atoms with Gasteiger partial charge in [-0.15, -0.1) is 0 Å². The lowest BCUT2D eigenvalue weighted by Crippen LogP contribution is -2.28. The van der Waals surface area contributed by atoms with Crippen LogP contribution < -0.4 is 0 Å². The fourth-order valence-corrected chi connectivity index (χ4v) is 9.03. The molecule has 1 N–H and O–H groups in total. The van der Waals surface area contributed by atoms with Gasteiger partial charge in [0.05, 0.1) is 6.61 Å². The molecule has 0 aromatic heterocycles. The summed E-state index contributed by atoms with van der Waals surface area (Å²) in [5.74, 6) is -0.621. The summed E-state index contributed by atoms with van der Waals surface area (Å²) >= 11 is 0. The van der Waals surface area contributed by atoms with Gasteiger partial charge >= 0.3 is 11.9 Å². The van der Waals surface area contributed by atoms with E-state index in [9.17, 15) is 14.7 Å². The Balaban J connectivity index is 3.42. The number of carbonyl (C=O) groups excluding carboxylic acids is 2. The van der Waals surface area contributed by atoms with Gasteiger partial charge in [0.15, 0.2) is 6.10 Å². The standard InChI is InChI=1S/C67H118O5/c1-3-5-7-9-11-13-15-17-19-21-23-24-25-26-27-28-29-30-31-32-33-34-35-36-37-38-39-40-41-42-44-45-47-49-51-53-55-57-59-61-66(69)71-64-65(63-68)72-67(70)62-60-58-56-54-52-50-48-46-43-22-20-18-16-14-12-10-8-6-4-2/h6,8,12,14-15,17-18,20-21,23,43,46,50,52,65,68H,3-5,7,9-11,13,16,19,22,24-42,44-45,47-49,51,53-64H2,1-2H3/b8-6-,14-12-,17-15-,20-18-,23-21-,46-43-,52-50-. The van der Waals surface area contributed by atoms with Crippen molar-refractivity contribution >= 4 is 11.9 Å². The van der Waals surface area contributed by atoms with Crippen LogP contribution in [0.25, 0.3) is 0 Å². The van der Waals surface area contributed by atoms with Crippen molar-refractivity contribution in [3.8, 4) is 0 Å². The van der Waals surface area contributed by atoms with Crippen LogP contribution in [0.4, 0.5) is 0 Å². The van der Waals surface area contributed by atoms with Crippen LogP contribution in [-0.4, -0.2) is 36.4 Å². The molecule has 0 aliphatic rings. The minimum atomic E-state index is -0.793. The lowest BCUT2D eigenvalue weighted by atomic mass is 10.0. The predicted molar refractivity (Wildman–Crippen MR) is 316 cm³/mol. The van der Waals surface area contributed by atoms with E-state index in [4.69, 9.17) is 9.47 Å². The molecule has 0 saturated carbocycles. The number of allylic oxidation sites excluding steroid dienone is 14. The third-order valence-electron chi connectivity index (χ3n) is 13.7. The Morgan fingerprint density at radius 3 is 0.917 bits per heavy atom. The van der Waals surface area contributed by atoms with Crippen molar-refractivity contribution in [2.24, 2.45) is 0 Å². The highest BCUT2D eigenvalue weighted by molar-refractivity contribution is 5.70. The number of esters is 2. The van der Waals surface area contributed by atoms with E-state index in [2.05, 4.69) is 98.9 Å². The van der Waals surface area contributed by atoms with Crippen molar-refractivity contribution < 1.29 is 24.2 Å². The Labute approximate surface area is 447 Å². The van der Waals surface area contributed by atoms with Crippen LogP contribution in [0.2, 0.25) is 0 Å². The number of carbonyl (C=O) groups is 2. The first-order valence-electron chi connectivity index (χ1n) is 31.1. The Morgan fingerprint density at radius 1 is 0.333 bits per heavy atom. The Morgan fingerprint density at radius 2 is 0.597 bits per heavy atom. The van der Waals surface area contributed by atoms with E-state index >= 15 is 0 Å². The Hall–Kier alpha value is -2.92. The summed E-state index contributed by atoms with van der Waals surface area (Å²) in [5.41, 5.74) is 0. The lowest BCUT2D eigenvalue weighted by molar-refractivity contribution is -0.161. The summed E-state index contributed by atoms with van der Waals surface area (Å²) in [6.45, 7) is 4.01. The van der Waals surface area contributed by atoms with Crippen LogP contribution in [0.5, 0.6) is 0 Å². The number of hydrogen-bond donors (Lipinski definition) is 1. The molecule has 0 heterocycles. The van der Waals surface area contributed by atoms with Gasteiger partial charge in [0.25, 0.3) is 0 Å². The molecule has 1 unspecified atom stereocenters. The first-order valence-corrected chi connectivity index (χ1v) is 31.1. The first-order chi connectivity index (χ1) is 35.6. The summed E-state index contributed by atoms with van der Waals surface area (Å²) in [6.07, 6.45) is 87.4. The number of hydrogen-bond acceptors (Lipinski definition) is 5. The van der Waals surface area contributed by atoms with E-state index in [0.717, 1.165) is 83.5 Å².